The molecule has 2 unspecified atom stereocenters. The van der Waals surface area contributed by atoms with Crippen LogP contribution in [0.2, 0.25) is 0 Å². The Bertz CT molecular complexity index is 546. The van der Waals surface area contributed by atoms with Crippen LogP contribution < -0.4 is 5.32 Å². The molecule has 1 saturated carbocycles. The van der Waals surface area contributed by atoms with E-state index in [9.17, 15) is 18.9 Å². The van der Waals surface area contributed by atoms with E-state index in [0.717, 1.165) is 18.9 Å². The third-order valence-electron chi connectivity index (χ3n) is 3.91. The normalized spacial score (nSPS) is 24.6. The topological polar surface area (TPSA) is 55.2 Å². The van der Waals surface area contributed by atoms with Gasteiger partial charge in [0.1, 0.15) is 5.82 Å². The van der Waals surface area contributed by atoms with Gasteiger partial charge in [0.2, 0.25) is 5.82 Å². The molecule has 110 valence electrons. The summed E-state index contributed by atoms with van der Waals surface area (Å²) in [6, 6.07) is 1.53. The zero-order chi connectivity index (χ0) is 15.1. The fourth-order valence-corrected chi connectivity index (χ4v) is 3.07. The molecule has 0 amide bonds. The zero-order valence-electron chi connectivity index (χ0n) is 11.7. The number of halogens is 2. The van der Waals surface area contributed by atoms with Crippen LogP contribution in [0.15, 0.2) is 12.1 Å². The molecule has 1 N–H and O–H groups in total. The molecule has 2 rings (SSSR count). The summed E-state index contributed by atoms with van der Waals surface area (Å²) in [4.78, 5) is 9.86. The van der Waals surface area contributed by atoms with Crippen molar-refractivity contribution in [1.29, 1.82) is 0 Å². The first-order valence-electron chi connectivity index (χ1n) is 6.59. The van der Waals surface area contributed by atoms with Gasteiger partial charge in [-0.2, -0.15) is 4.39 Å². The molecule has 2 atom stereocenters. The number of nitrogens with one attached hydrogen (secondary N) is 1. The summed E-state index contributed by atoms with van der Waals surface area (Å²) in [5.41, 5.74) is -0.564. The van der Waals surface area contributed by atoms with Gasteiger partial charge in [0.05, 0.1) is 10.6 Å². The van der Waals surface area contributed by atoms with Gasteiger partial charge in [-0.3, -0.25) is 10.1 Å². The van der Waals surface area contributed by atoms with Crippen molar-refractivity contribution in [2.75, 3.05) is 5.32 Å². The van der Waals surface area contributed by atoms with Crippen molar-refractivity contribution in [3.63, 3.8) is 0 Å². The molecule has 1 aliphatic rings. The maximum Gasteiger partial charge on any atom is 0.307 e. The van der Waals surface area contributed by atoms with Crippen molar-refractivity contribution in [3.05, 3.63) is 33.9 Å². The lowest BCUT2D eigenvalue weighted by atomic mass is 9.91. The Hall–Kier alpha value is -1.72. The van der Waals surface area contributed by atoms with Crippen molar-refractivity contribution >= 4 is 11.4 Å². The lowest BCUT2D eigenvalue weighted by Crippen LogP contribution is -2.23. The lowest BCUT2D eigenvalue weighted by molar-refractivity contribution is -0.387. The minimum Gasteiger partial charge on any atom is -0.379 e. The summed E-state index contributed by atoms with van der Waals surface area (Å²) in [6.07, 6.45) is 1.84. The third-order valence-corrected chi connectivity index (χ3v) is 3.91. The van der Waals surface area contributed by atoms with Crippen LogP contribution in [0.5, 0.6) is 0 Å². The van der Waals surface area contributed by atoms with Gasteiger partial charge in [0.15, 0.2) is 0 Å². The maximum absolute atomic E-state index is 13.7. The van der Waals surface area contributed by atoms with Gasteiger partial charge in [-0.15, -0.1) is 0 Å². The molecule has 1 aromatic carbocycles. The van der Waals surface area contributed by atoms with Gasteiger partial charge in [-0.25, -0.2) is 4.39 Å². The van der Waals surface area contributed by atoms with Gasteiger partial charge in [-0.1, -0.05) is 20.8 Å². The molecule has 6 heteroatoms. The molecule has 0 heterocycles. The summed E-state index contributed by atoms with van der Waals surface area (Å²) in [6.45, 7) is 6.32. The highest BCUT2D eigenvalue weighted by molar-refractivity contribution is 5.53. The molecule has 1 aromatic rings. The second kappa shape index (κ2) is 5.00. The van der Waals surface area contributed by atoms with E-state index in [1.165, 1.54) is 0 Å². The summed E-state index contributed by atoms with van der Waals surface area (Å²) in [5, 5.41) is 13.7. The fourth-order valence-electron chi connectivity index (χ4n) is 3.07. The summed E-state index contributed by atoms with van der Waals surface area (Å²) < 4.78 is 27.0. The minimum absolute atomic E-state index is 0.00681. The molecule has 0 spiro atoms. The molecule has 0 radical (unpaired) electrons. The first kappa shape index (κ1) is 14.7. The number of benzene rings is 1. The Balaban J connectivity index is 2.26. The first-order valence-corrected chi connectivity index (χ1v) is 6.59. The summed E-state index contributed by atoms with van der Waals surface area (Å²) in [7, 11) is 0. The van der Waals surface area contributed by atoms with Gasteiger partial charge >= 0.3 is 5.69 Å². The fraction of sp³-hybridized carbons (Fsp3) is 0.571. The van der Waals surface area contributed by atoms with Gasteiger partial charge in [0.25, 0.3) is 0 Å². The third kappa shape index (κ3) is 2.89. The summed E-state index contributed by atoms with van der Waals surface area (Å²) in [5.74, 6) is -1.63. The van der Waals surface area contributed by atoms with E-state index < -0.39 is 22.2 Å². The van der Waals surface area contributed by atoms with E-state index in [-0.39, 0.29) is 17.1 Å². The van der Waals surface area contributed by atoms with Crippen LogP contribution in [0, 0.1) is 33.1 Å². The van der Waals surface area contributed by atoms with Crippen LogP contribution >= 0.6 is 0 Å². The first-order chi connectivity index (χ1) is 9.19. The minimum atomic E-state index is -1.15. The SMILES string of the molecule is CC1CC(C)(C)CC1Nc1cc([N+](=O)[O-])c(F)cc1F. The van der Waals surface area contributed by atoms with Crippen LogP contribution in [-0.2, 0) is 0 Å². The van der Waals surface area contributed by atoms with E-state index in [4.69, 9.17) is 0 Å². The average molecular weight is 284 g/mol. The molecular formula is C14H18F2N2O2. The zero-order valence-corrected chi connectivity index (χ0v) is 11.7. The van der Waals surface area contributed by atoms with Crippen LogP contribution in [0.25, 0.3) is 0 Å². The number of hydrogen-bond donors (Lipinski definition) is 1. The van der Waals surface area contributed by atoms with E-state index in [1.807, 2.05) is 0 Å². The second-order valence-electron chi connectivity index (χ2n) is 6.34. The second-order valence-corrected chi connectivity index (χ2v) is 6.34. The predicted molar refractivity (Wildman–Crippen MR) is 72.6 cm³/mol. The Labute approximate surface area is 116 Å². The highest BCUT2D eigenvalue weighted by Gasteiger charge is 2.37. The smallest absolute Gasteiger partial charge is 0.307 e. The van der Waals surface area contributed by atoms with Crippen LogP contribution in [0.1, 0.15) is 33.6 Å². The van der Waals surface area contributed by atoms with Crippen molar-refractivity contribution in [2.24, 2.45) is 11.3 Å². The highest BCUT2D eigenvalue weighted by atomic mass is 19.1. The van der Waals surface area contributed by atoms with E-state index in [2.05, 4.69) is 26.1 Å². The quantitative estimate of drug-likeness (QED) is 0.671. The molecule has 0 aromatic heterocycles. The van der Waals surface area contributed by atoms with Crippen LogP contribution in [0.4, 0.5) is 20.2 Å². The highest BCUT2D eigenvalue weighted by Crippen LogP contribution is 2.42. The Morgan fingerprint density at radius 3 is 2.45 bits per heavy atom. The monoisotopic (exact) mass is 284 g/mol. The molecule has 0 saturated heterocycles. The average Bonchev–Trinajstić information content (AvgIpc) is 2.55. The van der Waals surface area contributed by atoms with E-state index in [1.54, 1.807) is 0 Å². The standard InChI is InChI=1S/C14H18F2N2O2/c1-8-6-14(2,3)7-12(8)17-11-5-13(18(19)20)10(16)4-9(11)15/h4-5,8,12,17H,6-7H2,1-3H3. The van der Waals surface area contributed by atoms with Gasteiger partial charge in [-0.05, 0) is 24.2 Å². The Kier molecular flexibility index (Phi) is 3.67. The number of nitro benzene ring substituents is 1. The molecule has 4 nitrogen and oxygen atoms in total. The van der Waals surface area contributed by atoms with Crippen molar-refractivity contribution < 1.29 is 13.7 Å². The van der Waals surface area contributed by atoms with Gasteiger partial charge < -0.3 is 5.32 Å². The molecule has 0 bridgehead atoms. The Morgan fingerprint density at radius 1 is 1.30 bits per heavy atom. The molecule has 0 aliphatic heterocycles. The van der Waals surface area contributed by atoms with Crippen LogP contribution in [-0.4, -0.2) is 11.0 Å². The number of hydrogen-bond acceptors (Lipinski definition) is 3. The Morgan fingerprint density at radius 2 is 1.95 bits per heavy atom. The van der Waals surface area contributed by atoms with Crippen molar-refractivity contribution in [2.45, 2.75) is 39.7 Å². The van der Waals surface area contributed by atoms with Crippen LogP contribution in [0.3, 0.4) is 0 Å². The van der Waals surface area contributed by atoms with E-state index in [0.29, 0.717) is 12.0 Å². The van der Waals surface area contributed by atoms with Gasteiger partial charge in [0, 0.05) is 18.2 Å². The molecular weight excluding hydrogens is 266 g/mol. The number of nitro groups is 1. The predicted octanol–water partition coefficient (Wildman–Crippen LogP) is 4.11. The van der Waals surface area contributed by atoms with Crippen molar-refractivity contribution in [3.8, 4) is 0 Å². The number of rotatable bonds is 3. The van der Waals surface area contributed by atoms with Crippen molar-refractivity contribution in [1.82, 2.24) is 0 Å². The molecule has 1 aliphatic carbocycles. The molecule has 20 heavy (non-hydrogen) atoms. The number of anilines is 1. The number of nitrogens with zero attached hydrogens (tertiary/aromatic N) is 1. The maximum atomic E-state index is 13.7. The summed E-state index contributed by atoms with van der Waals surface area (Å²) >= 11 is 0. The lowest BCUT2D eigenvalue weighted by Gasteiger charge is -2.20. The molecule has 1 fully saturated rings. The largest absolute Gasteiger partial charge is 0.379 e. The van der Waals surface area contributed by atoms with E-state index >= 15 is 0 Å².